The quantitative estimate of drug-likeness (QED) is 0.540. The number of rotatable bonds is 5. The number of aliphatic hydroxyl groups excluding tert-OH is 1. The third-order valence-corrected chi connectivity index (χ3v) is 2.58. The number of anilines is 1. The number of amidine groups is 1. The zero-order valence-electron chi connectivity index (χ0n) is 9.20. The standard InChI is InChI=1S/C11H16ClN3O/c1-2-15(5-6-16)10-4-3-8(12)7-9(10)11(13)14/h3-4,7,16H,2,5-6H2,1H3,(H3,13,14). The average molecular weight is 242 g/mol. The first kappa shape index (κ1) is 12.8. The van der Waals surface area contributed by atoms with Crippen molar-refractivity contribution in [2.75, 3.05) is 24.6 Å². The number of nitrogens with two attached hydrogens (primary N) is 1. The molecule has 88 valence electrons. The van der Waals surface area contributed by atoms with E-state index in [1.165, 1.54) is 0 Å². The van der Waals surface area contributed by atoms with Crippen LogP contribution in [0, 0.1) is 5.41 Å². The van der Waals surface area contributed by atoms with E-state index in [1.807, 2.05) is 17.9 Å². The van der Waals surface area contributed by atoms with Gasteiger partial charge in [-0.1, -0.05) is 11.6 Å². The number of hydrogen-bond acceptors (Lipinski definition) is 3. The zero-order chi connectivity index (χ0) is 12.1. The van der Waals surface area contributed by atoms with Gasteiger partial charge in [0.15, 0.2) is 0 Å². The molecule has 1 rings (SSSR count). The van der Waals surface area contributed by atoms with Gasteiger partial charge in [-0.25, -0.2) is 0 Å². The Kier molecular flexibility index (Phi) is 4.58. The summed E-state index contributed by atoms with van der Waals surface area (Å²) in [5.74, 6) is -0.0195. The molecule has 0 aliphatic carbocycles. The summed E-state index contributed by atoms with van der Waals surface area (Å²) in [4.78, 5) is 1.95. The van der Waals surface area contributed by atoms with Crippen molar-refractivity contribution < 1.29 is 5.11 Å². The Morgan fingerprint density at radius 1 is 1.56 bits per heavy atom. The maximum atomic E-state index is 8.96. The van der Waals surface area contributed by atoms with Crippen LogP contribution >= 0.6 is 11.6 Å². The number of halogens is 1. The van der Waals surface area contributed by atoms with Gasteiger partial charge in [0.25, 0.3) is 0 Å². The normalized spacial score (nSPS) is 10.2. The Morgan fingerprint density at radius 3 is 2.75 bits per heavy atom. The molecular weight excluding hydrogens is 226 g/mol. The third kappa shape index (κ3) is 2.87. The number of nitrogens with zero attached hydrogens (tertiary/aromatic N) is 1. The molecule has 0 fully saturated rings. The maximum Gasteiger partial charge on any atom is 0.124 e. The van der Waals surface area contributed by atoms with Crippen molar-refractivity contribution in [3.63, 3.8) is 0 Å². The van der Waals surface area contributed by atoms with Crippen molar-refractivity contribution in [2.45, 2.75) is 6.92 Å². The van der Waals surface area contributed by atoms with Crippen molar-refractivity contribution in [3.8, 4) is 0 Å². The summed E-state index contributed by atoms with van der Waals surface area (Å²) < 4.78 is 0. The van der Waals surface area contributed by atoms with Crippen LogP contribution in [0.15, 0.2) is 18.2 Å². The smallest absolute Gasteiger partial charge is 0.124 e. The van der Waals surface area contributed by atoms with Gasteiger partial charge in [0.05, 0.1) is 6.61 Å². The molecule has 0 radical (unpaired) electrons. The van der Waals surface area contributed by atoms with E-state index in [4.69, 9.17) is 27.9 Å². The number of aliphatic hydroxyl groups is 1. The summed E-state index contributed by atoms with van der Waals surface area (Å²) in [6.45, 7) is 3.29. The zero-order valence-corrected chi connectivity index (χ0v) is 9.96. The molecule has 5 heteroatoms. The van der Waals surface area contributed by atoms with Crippen molar-refractivity contribution in [1.82, 2.24) is 0 Å². The minimum Gasteiger partial charge on any atom is -0.395 e. The second-order valence-electron chi connectivity index (χ2n) is 3.38. The molecule has 0 unspecified atom stereocenters. The summed E-state index contributed by atoms with van der Waals surface area (Å²) in [7, 11) is 0. The highest BCUT2D eigenvalue weighted by atomic mass is 35.5. The van der Waals surface area contributed by atoms with Crippen LogP contribution in [-0.2, 0) is 0 Å². The molecule has 0 atom stereocenters. The van der Waals surface area contributed by atoms with Gasteiger partial charge >= 0.3 is 0 Å². The molecule has 0 saturated carbocycles. The van der Waals surface area contributed by atoms with Crippen molar-refractivity contribution in [1.29, 1.82) is 5.41 Å². The van der Waals surface area contributed by atoms with Crippen LogP contribution in [0.25, 0.3) is 0 Å². The first-order chi connectivity index (χ1) is 7.60. The number of nitrogen functional groups attached to an aromatic ring is 1. The van der Waals surface area contributed by atoms with Gasteiger partial charge in [0, 0.05) is 29.4 Å². The molecule has 0 amide bonds. The Labute approximate surface area is 100 Å². The minimum atomic E-state index is -0.0195. The molecule has 0 aliphatic rings. The Balaban J connectivity index is 3.14. The highest BCUT2D eigenvalue weighted by molar-refractivity contribution is 6.31. The van der Waals surface area contributed by atoms with Gasteiger partial charge in [0.2, 0.25) is 0 Å². The largest absolute Gasteiger partial charge is 0.395 e. The molecule has 1 aromatic carbocycles. The van der Waals surface area contributed by atoms with Crippen molar-refractivity contribution in [3.05, 3.63) is 28.8 Å². The Morgan fingerprint density at radius 2 is 2.25 bits per heavy atom. The molecule has 0 heterocycles. The van der Waals surface area contributed by atoms with Gasteiger partial charge in [-0.05, 0) is 25.1 Å². The second-order valence-corrected chi connectivity index (χ2v) is 3.81. The lowest BCUT2D eigenvalue weighted by Gasteiger charge is -2.24. The van der Waals surface area contributed by atoms with Gasteiger partial charge < -0.3 is 15.7 Å². The molecule has 1 aromatic rings. The minimum absolute atomic E-state index is 0.0195. The molecule has 0 aromatic heterocycles. The predicted octanol–water partition coefficient (Wildman–Crippen LogP) is 1.44. The molecule has 0 spiro atoms. The fourth-order valence-corrected chi connectivity index (χ4v) is 1.74. The fourth-order valence-electron chi connectivity index (χ4n) is 1.57. The van der Waals surface area contributed by atoms with Crippen LogP contribution in [-0.4, -0.2) is 30.6 Å². The van der Waals surface area contributed by atoms with E-state index in [0.717, 1.165) is 12.2 Å². The highest BCUT2D eigenvalue weighted by Gasteiger charge is 2.11. The molecular formula is C11H16ClN3O. The van der Waals surface area contributed by atoms with Gasteiger partial charge in [0.1, 0.15) is 5.84 Å². The van der Waals surface area contributed by atoms with Crippen LogP contribution in [0.3, 0.4) is 0 Å². The van der Waals surface area contributed by atoms with Crippen molar-refractivity contribution in [2.24, 2.45) is 5.73 Å². The van der Waals surface area contributed by atoms with E-state index in [0.29, 0.717) is 17.1 Å². The maximum absolute atomic E-state index is 8.96. The van der Waals surface area contributed by atoms with Gasteiger partial charge in [-0.2, -0.15) is 0 Å². The first-order valence-electron chi connectivity index (χ1n) is 5.10. The van der Waals surface area contributed by atoms with E-state index in [9.17, 15) is 0 Å². The second kappa shape index (κ2) is 5.72. The molecule has 0 bridgehead atoms. The number of nitrogens with one attached hydrogen (secondary N) is 1. The Hall–Kier alpha value is -1.26. The lowest BCUT2D eigenvalue weighted by atomic mass is 10.1. The number of benzene rings is 1. The topological polar surface area (TPSA) is 73.3 Å². The van der Waals surface area contributed by atoms with Crippen LogP contribution in [0.2, 0.25) is 5.02 Å². The summed E-state index contributed by atoms with van der Waals surface area (Å²) in [5.41, 5.74) is 6.93. The van der Waals surface area contributed by atoms with E-state index >= 15 is 0 Å². The van der Waals surface area contributed by atoms with Crippen LogP contribution in [0.4, 0.5) is 5.69 Å². The van der Waals surface area contributed by atoms with E-state index in [2.05, 4.69) is 0 Å². The van der Waals surface area contributed by atoms with Crippen LogP contribution in [0.5, 0.6) is 0 Å². The molecule has 4 nitrogen and oxygen atoms in total. The summed E-state index contributed by atoms with van der Waals surface area (Å²) >= 11 is 5.87. The van der Waals surface area contributed by atoms with Crippen LogP contribution in [0.1, 0.15) is 12.5 Å². The molecule has 0 aliphatic heterocycles. The molecule has 4 N–H and O–H groups in total. The van der Waals surface area contributed by atoms with E-state index in [-0.39, 0.29) is 12.4 Å². The SMILES string of the molecule is CCN(CCO)c1ccc(Cl)cc1C(=N)N. The van der Waals surface area contributed by atoms with E-state index in [1.54, 1.807) is 12.1 Å². The molecule has 0 saturated heterocycles. The lowest BCUT2D eigenvalue weighted by Crippen LogP contribution is -2.29. The lowest BCUT2D eigenvalue weighted by molar-refractivity contribution is 0.302. The molecule has 16 heavy (non-hydrogen) atoms. The average Bonchev–Trinajstić information content (AvgIpc) is 2.26. The van der Waals surface area contributed by atoms with E-state index < -0.39 is 0 Å². The Bertz CT molecular complexity index is 381. The highest BCUT2D eigenvalue weighted by Crippen LogP contribution is 2.23. The summed E-state index contributed by atoms with van der Waals surface area (Å²) in [5, 5.41) is 17.0. The summed E-state index contributed by atoms with van der Waals surface area (Å²) in [6, 6.07) is 5.24. The first-order valence-corrected chi connectivity index (χ1v) is 5.47. The third-order valence-electron chi connectivity index (χ3n) is 2.34. The van der Waals surface area contributed by atoms with Crippen molar-refractivity contribution >= 4 is 23.1 Å². The van der Waals surface area contributed by atoms with Crippen LogP contribution < -0.4 is 10.6 Å². The number of hydrogen-bond donors (Lipinski definition) is 3. The van der Waals surface area contributed by atoms with Gasteiger partial charge in [-0.3, -0.25) is 5.41 Å². The number of likely N-dealkylation sites (N-methyl/N-ethyl adjacent to an activating group) is 1. The monoisotopic (exact) mass is 241 g/mol. The predicted molar refractivity (Wildman–Crippen MR) is 67.4 cm³/mol. The fraction of sp³-hybridized carbons (Fsp3) is 0.364. The summed E-state index contributed by atoms with van der Waals surface area (Å²) in [6.07, 6.45) is 0. The van der Waals surface area contributed by atoms with Gasteiger partial charge in [-0.15, -0.1) is 0 Å².